The smallest absolute Gasteiger partial charge is 0.335 e. The van der Waals surface area contributed by atoms with Gasteiger partial charge in [-0.2, -0.15) is 0 Å². The van der Waals surface area contributed by atoms with Gasteiger partial charge >= 0.3 is 5.97 Å². The number of carboxylic acid groups (broad SMARTS) is 1. The second-order valence-electron chi connectivity index (χ2n) is 14.1. The zero-order chi connectivity index (χ0) is 33.8. The van der Waals surface area contributed by atoms with Crippen molar-refractivity contribution >= 4 is 11.9 Å². The number of carbonyl (C=O) groups excluding carboxylic acids is 1. The largest absolute Gasteiger partial charge is 0.478 e. The summed E-state index contributed by atoms with van der Waals surface area (Å²) in [5, 5.41) is 12.1. The third-order valence-corrected chi connectivity index (χ3v) is 10.3. The first kappa shape index (κ1) is 35.9. The molecule has 0 atom stereocenters. The fraction of sp³-hybridized carbons (Fsp3) is 0.632. The van der Waals surface area contributed by atoms with Gasteiger partial charge in [-0.3, -0.25) is 24.4 Å². The van der Waals surface area contributed by atoms with Gasteiger partial charge in [-0.25, -0.2) is 4.79 Å². The van der Waals surface area contributed by atoms with E-state index in [0.29, 0.717) is 5.56 Å². The van der Waals surface area contributed by atoms with Gasteiger partial charge in [0.05, 0.1) is 32.0 Å². The van der Waals surface area contributed by atoms with Crippen LogP contribution in [0.5, 0.6) is 0 Å². The fourth-order valence-electron chi connectivity index (χ4n) is 6.94. The van der Waals surface area contributed by atoms with Crippen molar-refractivity contribution in [3.8, 4) is 0 Å². The maximum absolute atomic E-state index is 12.7. The predicted octanol–water partition coefficient (Wildman–Crippen LogP) is 2.71. The van der Waals surface area contributed by atoms with Crippen LogP contribution in [0.2, 0.25) is 0 Å². The summed E-state index contributed by atoms with van der Waals surface area (Å²) in [4.78, 5) is 35.2. The Morgan fingerprint density at radius 3 is 1.45 bits per heavy atom. The minimum absolute atomic E-state index is 0.184. The van der Waals surface area contributed by atoms with Crippen LogP contribution in [0.3, 0.4) is 0 Å². The summed E-state index contributed by atoms with van der Waals surface area (Å²) in [6.45, 7) is 17.7. The highest BCUT2D eigenvalue weighted by molar-refractivity contribution is 5.94. The van der Waals surface area contributed by atoms with Gasteiger partial charge < -0.3 is 24.8 Å². The first-order valence-corrected chi connectivity index (χ1v) is 18.5. The number of piperazine rings is 2. The average Bonchev–Trinajstić information content (AvgIpc) is 4.09. The Bertz CT molecular complexity index is 1290. The molecule has 4 saturated heterocycles. The number of aromatic carboxylic acids is 1. The topological polar surface area (TPSA) is 101 Å². The molecule has 0 unspecified atom stereocenters. The Kier molecular flexibility index (Phi) is 13.5. The molecule has 11 heteroatoms. The minimum Gasteiger partial charge on any atom is -0.478 e. The molecule has 4 heterocycles. The molecule has 4 aliphatic heterocycles. The molecule has 0 aromatic heterocycles. The van der Waals surface area contributed by atoms with E-state index in [4.69, 9.17) is 14.6 Å². The highest BCUT2D eigenvalue weighted by atomic mass is 16.5. The van der Waals surface area contributed by atoms with Crippen LogP contribution in [0.1, 0.15) is 57.5 Å². The van der Waals surface area contributed by atoms with Crippen molar-refractivity contribution in [3.05, 3.63) is 70.8 Å². The van der Waals surface area contributed by atoms with Crippen LogP contribution in [0.4, 0.5) is 0 Å². The number of carboxylic acids is 1. The third-order valence-electron chi connectivity index (χ3n) is 10.3. The summed E-state index contributed by atoms with van der Waals surface area (Å²) in [6.07, 6.45) is 5.61. The molecule has 2 N–H and O–H groups in total. The lowest BCUT2D eigenvalue weighted by molar-refractivity contribution is 0.0341. The molecular weight excluding hydrogens is 620 g/mol. The van der Waals surface area contributed by atoms with Crippen molar-refractivity contribution in [1.29, 1.82) is 0 Å². The van der Waals surface area contributed by atoms with E-state index in [2.05, 4.69) is 37.0 Å². The zero-order valence-electron chi connectivity index (χ0n) is 29.1. The molecule has 2 aromatic rings. The number of rotatable bonds is 8. The molecule has 49 heavy (non-hydrogen) atoms. The third kappa shape index (κ3) is 11.6. The van der Waals surface area contributed by atoms with Crippen molar-refractivity contribution in [2.45, 2.75) is 50.9 Å². The first-order chi connectivity index (χ1) is 24.0. The lowest BCUT2D eigenvalue weighted by Gasteiger charge is -2.34. The molecule has 2 aromatic carbocycles. The van der Waals surface area contributed by atoms with E-state index in [1.807, 2.05) is 29.2 Å². The molecule has 0 spiro atoms. The number of hydrogen-bond acceptors (Lipinski definition) is 9. The van der Waals surface area contributed by atoms with Crippen LogP contribution in [-0.2, 0) is 22.6 Å². The molecular formula is C38H56N6O5. The molecule has 0 radical (unpaired) electrons. The molecule has 8 rings (SSSR count). The molecule has 1 amide bonds. The van der Waals surface area contributed by atoms with E-state index in [-0.39, 0.29) is 5.91 Å². The summed E-state index contributed by atoms with van der Waals surface area (Å²) in [5.41, 5.74) is 3.57. The number of amides is 1. The van der Waals surface area contributed by atoms with Crippen LogP contribution in [0.25, 0.3) is 0 Å². The number of ether oxygens (including phenoxy) is 2. The summed E-state index contributed by atoms with van der Waals surface area (Å²) < 4.78 is 10.7. The van der Waals surface area contributed by atoms with Gasteiger partial charge in [-0.15, -0.1) is 0 Å². The number of nitrogens with one attached hydrogen (secondary N) is 1. The standard InChI is InChI=1S/C19H27N3O2.C12H15NO3.C7H14N2/c23-19(22-9-7-21(8-10-22)18-5-6-18)17-3-1-16(2-4-17)15-20-11-13-24-14-12-20;14-12(15)11-3-1-10(2-4-11)9-13-5-7-16-8-6-13;1-2-7(1)9-5-3-8-4-6-9/h1-4,18H,5-15H2;1-4H,5-9H2,(H,14,15);7-8H,1-6H2. The van der Waals surface area contributed by atoms with E-state index >= 15 is 0 Å². The number of benzene rings is 2. The van der Waals surface area contributed by atoms with Crippen molar-refractivity contribution in [2.24, 2.45) is 0 Å². The number of nitrogens with zero attached hydrogens (tertiary/aromatic N) is 5. The average molecular weight is 677 g/mol. The van der Waals surface area contributed by atoms with E-state index in [9.17, 15) is 9.59 Å². The van der Waals surface area contributed by atoms with Gasteiger partial charge in [0.2, 0.25) is 0 Å². The van der Waals surface area contributed by atoms with Gasteiger partial charge in [0.1, 0.15) is 0 Å². The molecule has 6 aliphatic rings. The molecule has 6 fully saturated rings. The molecule has 0 bridgehead atoms. The van der Waals surface area contributed by atoms with Crippen molar-refractivity contribution in [2.75, 3.05) is 105 Å². The second kappa shape index (κ2) is 18.4. The van der Waals surface area contributed by atoms with Gasteiger partial charge in [-0.1, -0.05) is 24.3 Å². The SMILES string of the molecule is C1CN(C2CC2)CCN1.O=C(O)c1ccc(CN2CCOCC2)cc1.O=C(c1ccc(CN2CCOCC2)cc1)N1CCN(C2CC2)CC1. The summed E-state index contributed by atoms with van der Waals surface area (Å²) in [7, 11) is 0. The first-order valence-electron chi connectivity index (χ1n) is 18.5. The highest BCUT2D eigenvalue weighted by Crippen LogP contribution is 2.28. The highest BCUT2D eigenvalue weighted by Gasteiger charge is 2.32. The molecule has 2 aliphatic carbocycles. The van der Waals surface area contributed by atoms with Crippen molar-refractivity contribution in [3.63, 3.8) is 0 Å². The van der Waals surface area contributed by atoms with E-state index in [0.717, 1.165) is 115 Å². The monoisotopic (exact) mass is 676 g/mol. The number of morpholine rings is 2. The van der Waals surface area contributed by atoms with E-state index in [1.54, 1.807) is 12.1 Å². The van der Waals surface area contributed by atoms with E-state index in [1.165, 1.54) is 57.4 Å². The number of hydrogen-bond donors (Lipinski definition) is 2. The lowest BCUT2D eigenvalue weighted by Crippen LogP contribution is -2.49. The van der Waals surface area contributed by atoms with Crippen LogP contribution < -0.4 is 5.32 Å². The maximum atomic E-state index is 12.7. The Morgan fingerprint density at radius 1 is 0.592 bits per heavy atom. The fourth-order valence-corrected chi connectivity index (χ4v) is 6.94. The summed E-state index contributed by atoms with van der Waals surface area (Å²) >= 11 is 0. The van der Waals surface area contributed by atoms with Crippen LogP contribution in [0.15, 0.2) is 48.5 Å². The normalized spacial score (nSPS) is 22.7. The zero-order valence-corrected chi connectivity index (χ0v) is 29.1. The van der Waals surface area contributed by atoms with Gasteiger partial charge in [0.25, 0.3) is 5.91 Å². The minimum atomic E-state index is -0.877. The van der Waals surface area contributed by atoms with Crippen LogP contribution in [0, 0.1) is 0 Å². The maximum Gasteiger partial charge on any atom is 0.335 e. The molecule has 11 nitrogen and oxygen atoms in total. The van der Waals surface area contributed by atoms with E-state index < -0.39 is 5.97 Å². The predicted molar refractivity (Wildman–Crippen MR) is 190 cm³/mol. The summed E-state index contributed by atoms with van der Waals surface area (Å²) in [5.74, 6) is -0.693. The van der Waals surface area contributed by atoms with Crippen molar-refractivity contribution < 1.29 is 24.2 Å². The Morgan fingerprint density at radius 2 is 1.02 bits per heavy atom. The second-order valence-corrected chi connectivity index (χ2v) is 14.1. The van der Waals surface area contributed by atoms with Crippen LogP contribution >= 0.6 is 0 Å². The van der Waals surface area contributed by atoms with Gasteiger partial charge in [-0.05, 0) is 61.1 Å². The Balaban J connectivity index is 0.000000142. The number of carbonyl (C=O) groups is 2. The summed E-state index contributed by atoms with van der Waals surface area (Å²) in [6, 6.07) is 17.0. The van der Waals surface area contributed by atoms with Crippen molar-refractivity contribution in [1.82, 2.24) is 29.8 Å². The lowest BCUT2D eigenvalue weighted by atomic mass is 10.1. The Hall–Kier alpha value is -2.90. The Labute approximate surface area is 292 Å². The van der Waals surface area contributed by atoms with Gasteiger partial charge in [0, 0.05) is 109 Å². The van der Waals surface area contributed by atoms with Gasteiger partial charge in [0.15, 0.2) is 0 Å². The van der Waals surface area contributed by atoms with Crippen LogP contribution in [-0.4, -0.2) is 159 Å². The molecule has 2 saturated carbocycles. The quantitative estimate of drug-likeness (QED) is 0.434. The molecule has 268 valence electrons.